The third kappa shape index (κ3) is 2.53. The van der Waals surface area contributed by atoms with Gasteiger partial charge in [-0.05, 0) is 25.3 Å². The topological polar surface area (TPSA) is 47.1 Å². The molecule has 4 nitrogen and oxygen atoms in total. The summed E-state index contributed by atoms with van der Waals surface area (Å²) in [5, 5.41) is 4.42. The van der Waals surface area contributed by atoms with Crippen molar-refractivity contribution < 1.29 is 0 Å². The fraction of sp³-hybridized carbons (Fsp3) is 0.769. The van der Waals surface area contributed by atoms with Gasteiger partial charge in [0.1, 0.15) is 0 Å². The molecule has 0 radical (unpaired) electrons. The second-order valence-corrected chi connectivity index (χ2v) is 5.98. The Bertz CT molecular complexity index is 394. The standard InChI is InChI=1S/C13H24N4/c1-10-11(8-16(4)15-10)12(7-14)17-6-5-13(2,3)9-17/h8,12H,5-7,9,14H2,1-4H3. The van der Waals surface area contributed by atoms with E-state index in [0.717, 1.165) is 18.8 Å². The molecule has 0 saturated carbocycles. The average molecular weight is 236 g/mol. The Morgan fingerprint density at radius 3 is 2.65 bits per heavy atom. The first-order valence-corrected chi connectivity index (χ1v) is 6.37. The second-order valence-electron chi connectivity index (χ2n) is 5.98. The number of nitrogens with two attached hydrogens (primary N) is 1. The molecule has 2 N–H and O–H groups in total. The van der Waals surface area contributed by atoms with E-state index in [4.69, 9.17) is 5.73 Å². The van der Waals surface area contributed by atoms with Crippen molar-refractivity contribution in [3.63, 3.8) is 0 Å². The molecule has 1 atom stereocenters. The Balaban J connectivity index is 2.20. The highest BCUT2D eigenvalue weighted by molar-refractivity contribution is 5.21. The van der Waals surface area contributed by atoms with Crippen LogP contribution in [-0.4, -0.2) is 34.3 Å². The summed E-state index contributed by atoms with van der Waals surface area (Å²) in [6, 6.07) is 0.325. The SMILES string of the molecule is Cc1nn(C)cc1C(CN)N1CCC(C)(C)C1. The first-order valence-electron chi connectivity index (χ1n) is 6.37. The number of rotatable bonds is 3. The molecule has 1 aromatic heterocycles. The van der Waals surface area contributed by atoms with Crippen LogP contribution in [-0.2, 0) is 7.05 Å². The van der Waals surface area contributed by atoms with Crippen LogP contribution in [0.25, 0.3) is 0 Å². The quantitative estimate of drug-likeness (QED) is 0.864. The lowest BCUT2D eigenvalue weighted by Crippen LogP contribution is -2.33. The molecule has 1 unspecified atom stereocenters. The Kier molecular flexibility index (Phi) is 3.27. The van der Waals surface area contributed by atoms with Crippen molar-refractivity contribution in [1.82, 2.24) is 14.7 Å². The Morgan fingerprint density at radius 1 is 1.53 bits per heavy atom. The molecule has 1 fully saturated rings. The maximum absolute atomic E-state index is 5.97. The van der Waals surface area contributed by atoms with Gasteiger partial charge in [0.15, 0.2) is 0 Å². The normalized spacial score (nSPS) is 21.9. The van der Waals surface area contributed by atoms with E-state index < -0.39 is 0 Å². The molecule has 0 amide bonds. The van der Waals surface area contributed by atoms with Crippen LogP contribution in [0.3, 0.4) is 0 Å². The molecule has 1 aliphatic heterocycles. The van der Waals surface area contributed by atoms with E-state index in [1.54, 1.807) is 0 Å². The lowest BCUT2D eigenvalue weighted by molar-refractivity contribution is 0.223. The maximum atomic E-state index is 5.97. The molecule has 4 heteroatoms. The van der Waals surface area contributed by atoms with Crippen LogP contribution in [0.4, 0.5) is 0 Å². The van der Waals surface area contributed by atoms with Gasteiger partial charge in [0, 0.05) is 31.9 Å². The van der Waals surface area contributed by atoms with Crippen molar-refractivity contribution in [2.75, 3.05) is 19.6 Å². The monoisotopic (exact) mass is 236 g/mol. The van der Waals surface area contributed by atoms with Crippen LogP contribution in [0.15, 0.2) is 6.20 Å². The van der Waals surface area contributed by atoms with Crippen LogP contribution in [0.2, 0.25) is 0 Å². The van der Waals surface area contributed by atoms with Gasteiger partial charge in [-0.15, -0.1) is 0 Å². The van der Waals surface area contributed by atoms with Crippen molar-refractivity contribution >= 4 is 0 Å². The van der Waals surface area contributed by atoms with E-state index in [-0.39, 0.29) is 0 Å². The van der Waals surface area contributed by atoms with Crippen molar-refractivity contribution in [3.05, 3.63) is 17.5 Å². The molecule has 1 aromatic rings. The summed E-state index contributed by atoms with van der Waals surface area (Å²) in [4.78, 5) is 2.50. The van der Waals surface area contributed by atoms with Gasteiger partial charge in [0.05, 0.1) is 11.7 Å². The molecule has 1 saturated heterocycles. The number of aryl methyl sites for hydroxylation is 2. The van der Waals surface area contributed by atoms with Crippen LogP contribution >= 0.6 is 0 Å². The molecule has 1 aliphatic rings. The van der Waals surface area contributed by atoms with Crippen molar-refractivity contribution in [1.29, 1.82) is 0 Å². The molecule has 2 heterocycles. The molecule has 96 valence electrons. The molecular weight excluding hydrogens is 212 g/mol. The zero-order valence-electron chi connectivity index (χ0n) is 11.4. The van der Waals surface area contributed by atoms with E-state index >= 15 is 0 Å². The van der Waals surface area contributed by atoms with Gasteiger partial charge in [-0.1, -0.05) is 13.8 Å². The zero-order chi connectivity index (χ0) is 12.6. The summed E-state index contributed by atoms with van der Waals surface area (Å²) in [5.41, 5.74) is 8.78. The highest BCUT2D eigenvalue weighted by Crippen LogP contribution is 2.34. The summed E-state index contributed by atoms with van der Waals surface area (Å²) >= 11 is 0. The maximum Gasteiger partial charge on any atom is 0.0641 e. The minimum atomic E-state index is 0.325. The summed E-state index contributed by atoms with van der Waals surface area (Å²) < 4.78 is 1.88. The zero-order valence-corrected chi connectivity index (χ0v) is 11.4. The van der Waals surface area contributed by atoms with E-state index in [9.17, 15) is 0 Å². The van der Waals surface area contributed by atoms with Crippen LogP contribution < -0.4 is 5.73 Å². The Morgan fingerprint density at radius 2 is 2.24 bits per heavy atom. The number of aromatic nitrogens is 2. The van der Waals surface area contributed by atoms with Gasteiger partial charge >= 0.3 is 0 Å². The summed E-state index contributed by atoms with van der Waals surface area (Å²) in [6.07, 6.45) is 3.36. The minimum absolute atomic E-state index is 0.325. The average Bonchev–Trinajstić information content (AvgIpc) is 2.72. The van der Waals surface area contributed by atoms with Crippen LogP contribution in [0, 0.1) is 12.3 Å². The lowest BCUT2D eigenvalue weighted by Gasteiger charge is -2.27. The molecule has 0 aromatic carbocycles. The fourth-order valence-corrected chi connectivity index (χ4v) is 2.84. The molecule has 2 rings (SSSR count). The molecule has 0 aliphatic carbocycles. The first-order chi connectivity index (χ1) is 7.93. The number of nitrogens with zero attached hydrogens (tertiary/aromatic N) is 3. The lowest BCUT2D eigenvalue weighted by atomic mass is 9.93. The number of hydrogen-bond donors (Lipinski definition) is 1. The number of likely N-dealkylation sites (tertiary alicyclic amines) is 1. The molecule has 17 heavy (non-hydrogen) atoms. The third-order valence-corrected chi connectivity index (χ3v) is 3.78. The first kappa shape index (κ1) is 12.6. The highest BCUT2D eigenvalue weighted by Gasteiger charge is 2.34. The smallest absolute Gasteiger partial charge is 0.0641 e. The molecular formula is C13H24N4. The van der Waals surface area contributed by atoms with E-state index in [1.165, 1.54) is 12.0 Å². The molecule has 0 spiro atoms. The van der Waals surface area contributed by atoms with Gasteiger partial charge in [-0.2, -0.15) is 5.10 Å². The van der Waals surface area contributed by atoms with Crippen LogP contribution in [0.1, 0.15) is 37.6 Å². The van der Waals surface area contributed by atoms with Gasteiger partial charge in [-0.25, -0.2) is 0 Å². The van der Waals surface area contributed by atoms with Crippen molar-refractivity contribution in [2.24, 2.45) is 18.2 Å². The number of hydrogen-bond acceptors (Lipinski definition) is 3. The second kappa shape index (κ2) is 4.42. The minimum Gasteiger partial charge on any atom is -0.329 e. The van der Waals surface area contributed by atoms with Crippen molar-refractivity contribution in [2.45, 2.75) is 33.2 Å². The van der Waals surface area contributed by atoms with Gasteiger partial charge < -0.3 is 5.73 Å². The van der Waals surface area contributed by atoms with Gasteiger partial charge in [-0.3, -0.25) is 9.58 Å². The predicted molar refractivity (Wildman–Crippen MR) is 69.7 cm³/mol. The largest absolute Gasteiger partial charge is 0.329 e. The summed E-state index contributed by atoms with van der Waals surface area (Å²) in [7, 11) is 1.97. The van der Waals surface area contributed by atoms with Gasteiger partial charge in [0.2, 0.25) is 0 Å². The fourth-order valence-electron chi connectivity index (χ4n) is 2.84. The highest BCUT2D eigenvalue weighted by atomic mass is 15.3. The van der Waals surface area contributed by atoms with E-state index in [2.05, 4.69) is 37.0 Å². The van der Waals surface area contributed by atoms with Crippen molar-refractivity contribution in [3.8, 4) is 0 Å². The predicted octanol–water partition coefficient (Wildman–Crippen LogP) is 1.46. The Hall–Kier alpha value is -0.870. The van der Waals surface area contributed by atoms with E-state index in [1.807, 2.05) is 11.7 Å². The third-order valence-electron chi connectivity index (χ3n) is 3.78. The summed E-state index contributed by atoms with van der Waals surface area (Å²) in [6.45, 7) is 9.67. The molecule has 0 bridgehead atoms. The summed E-state index contributed by atoms with van der Waals surface area (Å²) in [5.74, 6) is 0. The van der Waals surface area contributed by atoms with Gasteiger partial charge in [0.25, 0.3) is 0 Å². The Labute approximate surface area is 104 Å². The van der Waals surface area contributed by atoms with Crippen LogP contribution in [0.5, 0.6) is 0 Å². The van der Waals surface area contributed by atoms with E-state index in [0.29, 0.717) is 18.0 Å².